The van der Waals surface area contributed by atoms with E-state index in [9.17, 15) is 14.0 Å². The van der Waals surface area contributed by atoms with Crippen LogP contribution in [0.15, 0.2) is 48.5 Å². The summed E-state index contributed by atoms with van der Waals surface area (Å²) in [6.07, 6.45) is 1.39. The van der Waals surface area contributed by atoms with Crippen molar-refractivity contribution < 1.29 is 18.7 Å². The first-order chi connectivity index (χ1) is 14.4. The Bertz CT molecular complexity index is 859. The van der Waals surface area contributed by atoms with Crippen molar-refractivity contribution in [2.45, 2.75) is 45.9 Å². The maximum absolute atomic E-state index is 13.1. The van der Waals surface area contributed by atoms with E-state index in [1.54, 1.807) is 4.90 Å². The highest BCUT2D eigenvalue weighted by Gasteiger charge is 2.27. The number of benzene rings is 2. The maximum atomic E-state index is 13.1. The molecule has 1 saturated heterocycles. The van der Waals surface area contributed by atoms with E-state index in [1.165, 1.54) is 24.3 Å². The number of piperidine rings is 1. The van der Waals surface area contributed by atoms with Crippen molar-refractivity contribution in [3.05, 3.63) is 71.0 Å². The zero-order valence-corrected chi connectivity index (χ0v) is 17.6. The molecule has 0 atom stereocenters. The second-order valence-electron chi connectivity index (χ2n) is 7.92. The molecular weight excluding hydrogens is 383 g/mol. The van der Waals surface area contributed by atoms with Gasteiger partial charge in [0.25, 0.3) is 5.91 Å². The minimum Gasteiger partial charge on any atom is -0.374 e. The number of rotatable bonds is 7. The third-order valence-electron chi connectivity index (χ3n) is 5.39. The van der Waals surface area contributed by atoms with Gasteiger partial charge in [-0.15, -0.1) is 0 Å². The zero-order chi connectivity index (χ0) is 21.5. The molecule has 0 unspecified atom stereocenters. The molecule has 1 aliphatic rings. The van der Waals surface area contributed by atoms with E-state index < -0.39 is 0 Å². The largest absolute Gasteiger partial charge is 0.374 e. The Morgan fingerprint density at radius 3 is 2.33 bits per heavy atom. The molecule has 0 radical (unpaired) electrons. The van der Waals surface area contributed by atoms with Crippen molar-refractivity contribution in [2.24, 2.45) is 5.92 Å². The van der Waals surface area contributed by atoms with Crippen LogP contribution in [0.5, 0.6) is 0 Å². The van der Waals surface area contributed by atoms with Gasteiger partial charge in [0.05, 0.1) is 12.7 Å². The quantitative estimate of drug-likeness (QED) is 0.750. The average molecular weight is 413 g/mol. The smallest absolute Gasteiger partial charge is 0.253 e. The van der Waals surface area contributed by atoms with Gasteiger partial charge in [-0.3, -0.25) is 9.59 Å². The lowest BCUT2D eigenvalue weighted by molar-refractivity contribution is -0.126. The number of ether oxygens (including phenoxy) is 1. The molecule has 1 N–H and O–H groups in total. The van der Waals surface area contributed by atoms with E-state index in [0.29, 0.717) is 44.6 Å². The first-order valence-corrected chi connectivity index (χ1v) is 10.4. The Hall–Kier alpha value is -2.73. The summed E-state index contributed by atoms with van der Waals surface area (Å²) in [6, 6.07) is 13.5. The summed E-state index contributed by atoms with van der Waals surface area (Å²) in [7, 11) is 0. The molecular formula is C24H29FN2O3. The molecule has 1 aliphatic heterocycles. The summed E-state index contributed by atoms with van der Waals surface area (Å²) < 4.78 is 18.8. The van der Waals surface area contributed by atoms with Gasteiger partial charge < -0.3 is 15.0 Å². The van der Waals surface area contributed by atoms with E-state index in [4.69, 9.17) is 4.74 Å². The van der Waals surface area contributed by atoms with Gasteiger partial charge in [0.1, 0.15) is 5.82 Å². The van der Waals surface area contributed by atoms with Crippen molar-refractivity contribution in [1.29, 1.82) is 0 Å². The number of nitrogens with one attached hydrogen (secondary N) is 1. The maximum Gasteiger partial charge on any atom is 0.253 e. The second-order valence-corrected chi connectivity index (χ2v) is 7.92. The predicted octanol–water partition coefficient (Wildman–Crippen LogP) is 3.92. The fraction of sp³-hybridized carbons (Fsp3) is 0.417. The number of likely N-dealkylation sites (tertiary alicyclic amines) is 1. The Balaban J connectivity index is 1.49. The minimum absolute atomic E-state index is 0.0171. The molecule has 0 aromatic heterocycles. The number of nitrogens with zero attached hydrogens (tertiary/aromatic N) is 1. The molecule has 30 heavy (non-hydrogen) atoms. The van der Waals surface area contributed by atoms with E-state index in [0.717, 1.165) is 11.1 Å². The molecule has 6 heteroatoms. The lowest BCUT2D eigenvalue weighted by atomic mass is 9.95. The summed E-state index contributed by atoms with van der Waals surface area (Å²) in [6.45, 7) is 6.02. The molecule has 0 saturated carbocycles. The van der Waals surface area contributed by atoms with Crippen molar-refractivity contribution in [3.63, 3.8) is 0 Å². The fourth-order valence-electron chi connectivity index (χ4n) is 3.57. The van der Waals surface area contributed by atoms with Crippen molar-refractivity contribution in [2.75, 3.05) is 13.1 Å². The number of hydrogen-bond donors (Lipinski definition) is 1. The van der Waals surface area contributed by atoms with Gasteiger partial charge in [-0.05, 0) is 62.1 Å². The molecule has 0 bridgehead atoms. The summed E-state index contributed by atoms with van der Waals surface area (Å²) in [5.41, 5.74) is 2.60. The van der Waals surface area contributed by atoms with Gasteiger partial charge >= 0.3 is 0 Å². The molecule has 2 amide bonds. The van der Waals surface area contributed by atoms with Gasteiger partial charge in [0.2, 0.25) is 5.91 Å². The van der Waals surface area contributed by atoms with Gasteiger partial charge in [0.15, 0.2) is 0 Å². The Morgan fingerprint density at radius 2 is 1.70 bits per heavy atom. The summed E-state index contributed by atoms with van der Waals surface area (Å²) in [5.74, 6) is -0.572. The molecule has 160 valence electrons. The van der Waals surface area contributed by atoms with Crippen molar-refractivity contribution in [3.8, 4) is 0 Å². The Kier molecular flexibility index (Phi) is 7.57. The van der Waals surface area contributed by atoms with Crippen molar-refractivity contribution >= 4 is 11.8 Å². The third kappa shape index (κ3) is 5.89. The molecule has 0 aliphatic carbocycles. The highest BCUT2D eigenvalue weighted by molar-refractivity contribution is 5.94. The van der Waals surface area contributed by atoms with Crippen LogP contribution in [-0.4, -0.2) is 35.9 Å². The summed E-state index contributed by atoms with van der Waals surface area (Å²) in [5, 5.41) is 3.04. The molecule has 2 aromatic carbocycles. The van der Waals surface area contributed by atoms with Crippen LogP contribution >= 0.6 is 0 Å². The van der Waals surface area contributed by atoms with Gasteiger partial charge in [-0.2, -0.15) is 0 Å². The van der Waals surface area contributed by atoms with Crippen LogP contribution < -0.4 is 5.32 Å². The first kappa shape index (κ1) is 22.0. The summed E-state index contributed by atoms with van der Waals surface area (Å²) >= 11 is 0. The molecule has 1 fully saturated rings. The number of hydrogen-bond acceptors (Lipinski definition) is 3. The SMILES string of the molecule is CC(C)OCc1ccccc1CNC(=O)C1CCN(C(=O)c2ccc(F)cc2)CC1. The lowest BCUT2D eigenvalue weighted by Gasteiger charge is -2.31. The third-order valence-corrected chi connectivity index (χ3v) is 5.39. The average Bonchev–Trinajstić information content (AvgIpc) is 2.76. The molecule has 5 nitrogen and oxygen atoms in total. The van der Waals surface area contributed by atoms with Crippen LogP contribution in [0.2, 0.25) is 0 Å². The van der Waals surface area contributed by atoms with E-state index in [1.807, 2.05) is 38.1 Å². The van der Waals surface area contributed by atoms with Crippen molar-refractivity contribution in [1.82, 2.24) is 10.2 Å². The van der Waals surface area contributed by atoms with E-state index >= 15 is 0 Å². The van der Waals surface area contributed by atoms with E-state index in [-0.39, 0.29) is 29.7 Å². The normalized spacial score (nSPS) is 14.7. The van der Waals surface area contributed by atoms with Crippen LogP contribution in [0, 0.1) is 11.7 Å². The number of carbonyl (C=O) groups is 2. The van der Waals surface area contributed by atoms with Crippen LogP contribution in [0.25, 0.3) is 0 Å². The lowest BCUT2D eigenvalue weighted by Crippen LogP contribution is -2.43. The van der Waals surface area contributed by atoms with E-state index in [2.05, 4.69) is 5.32 Å². The van der Waals surface area contributed by atoms with Crippen LogP contribution in [0.3, 0.4) is 0 Å². The first-order valence-electron chi connectivity index (χ1n) is 10.4. The monoisotopic (exact) mass is 412 g/mol. The highest BCUT2D eigenvalue weighted by Crippen LogP contribution is 2.20. The van der Waals surface area contributed by atoms with Crippen LogP contribution in [0.1, 0.15) is 48.2 Å². The Morgan fingerprint density at radius 1 is 1.07 bits per heavy atom. The van der Waals surface area contributed by atoms with Gasteiger partial charge in [-0.1, -0.05) is 24.3 Å². The minimum atomic E-state index is -0.362. The Labute approximate surface area is 177 Å². The van der Waals surface area contributed by atoms with Crippen LogP contribution in [-0.2, 0) is 22.7 Å². The predicted molar refractivity (Wildman–Crippen MR) is 113 cm³/mol. The van der Waals surface area contributed by atoms with Gasteiger partial charge in [0, 0.05) is 31.1 Å². The summed E-state index contributed by atoms with van der Waals surface area (Å²) in [4.78, 5) is 26.9. The van der Waals surface area contributed by atoms with Gasteiger partial charge in [-0.25, -0.2) is 4.39 Å². The van der Waals surface area contributed by atoms with Crippen LogP contribution in [0.4, 0.5) is 4.39 Å². The zero-order valence-electron chi connectivity index (χ0n) is 17.6. The second kappa shape index (κ2) is 10.3. The molecule has 3 rings (SSSR count). The molecule has 0 spiro atoms. The standard InChI is InChI=1S/C24H29FN2O3/c1-17(2)30-16-21-6-4-3-5-20(21)15-26-23(28)18-11-13-27(14-12-18)24(29)19-7-9-22(25)10-8-19/h3-10,17-18H,11-16H2,1-2H3,(H,26,28). The topological polar surface area (TPSA) is 58.6 Å². The highest BCUT2D eigenvalue weighted by atomic mass is 19.1. The number of carbonyl (C=O) groups excluding carboxylic acids is 2. The molecule has 1 heterocycles. The molecule has 2 aromatic rings. The fourth-order valence-corrected chi connectivity index (χ4v) is 3.57. The number of halogens is 1. The number of amides is 2.